The number of carbonyl (C=O) groups excluding carboxylic acids is 1. The Morgan fingerprint density at radius 1 is 0.833 bits per heavy atom. The van der Waals surface area contributed by atoms with E-state index in [1.165, 1.54) is 38.9 Å². The van der Waals surface area contributed by atoms with Crippen molar-refractivity contribution >= 4 is 5.97 Å². The van der Waals surface area contributed by atoms with E-state index in [4.69, 9.17) is 23.7 Å². The van der Waals surface area contributed by atoms with Crippen molar-refractivity contribution in [1.29, 1.82) is 0 Å². The summed E-state index contributed by atoms with van der Waals surface area (Å²) in [6.45, 7) is 4.90. The van der Waals surface area contributed by atoms with Crippen molar-refractivity contribution in [1.82, 2.24) is 0 Å². The summed E-state index contributed by atoms with van der Waals surface area (Å²) in [5.74, 6) is -1.66. The first kappa shape index (κ1) is 33.8. The molecule has 234 valence electrons. The molecule has 2 unspecified atom stereocenters. The van der Waals surface area contributed by atoms with Crippen LogP contribution in [0.3, 0.4) is 0 Å². The van der Waals surface area contributed by atoms with Crippen molar-refractivity contribution in [2.75, 3.05) is 40.8 Å². The van der Waals surface area contributed by atoms with Gasteiger partial charge >= 0.3 is 5.97 Å². The number of benzene rings is 2. The number of carbonyl (C=O) groups is 1. The first-order valence-electron chi connectivity index (χ1n) is 15.5. The van der Waals surface area contributed by atoms with Gasteiger partial charge in [0.15, 0.2) is 18.3 Å². The molecule has 42 heavy (non-hydrogen) atoms. The second-order valence-corrected chi connectivity index (χ2v) is 11.1. The predicted molar refractivity (Wildman–Crippen MR) is 160 cm³/mol. The Hall–Kier alpha value is -2.71. The number of halogens is 2. The topological polar surface area (TPSA) is 63.2 Å². The molecule has 0 radical (unpaired) electrons. The van der Waals surface area contributed by atoms with Crippen molar-refractivity contribution in [3.8, 4) is 22.6 Å². The Labute approximate surface area is 250 Å². The highest BCUT2D eigenvalue weighted by Crippen LogP contribution is 2.43. The Morgan fingerprint density at radius 2 is 1.62 bits per heavy atom. The highest BCUT2D eigenvalue weighted by atomic mass is 19.1. The van der Waals surface area contributed by atoms with Crippen molar-refractivity contribution in [2.45, 2.75) is 90.4 Å². The van der Waals surface area contributed by atoms with Gasteiger partial charge in [-0.15, -0.1) is 0 Å². The van der Waals surface area contributed by atoms with Crippen LogP contribution in [0.4, 0.5) is 8.78 Å². The molecule has 0 N–H and O–H groups in total. The Morgan fingerprint density at radius 3 is 2.36 bits per heavy atom. The van der Waals surface area contributed by atoms with Crippen LogP contribution in [0.1, 0.15) is 106 Å². The molecule has 1 aliphatic carbocycles. The van der Waals surface area contributed by atoms with Crippen LogP contribution in [0.5, 0.6) is 11.5 Å². The van der Waals surface area contributed by atoms with E-state index in [9.17, 15) is 4.79 Å². The number of ether oxygens (including phenoxy) is 5. The molecule has 0 bridgehead atoms. The van der Waals surface area contributed by atoms with Gasteiger partial charge in [-0.2, -0.15) is 4.39 Å². The second kappa shape index (κ2) is 18.1. The largest absolute Gasteiger partial charge is 0.490 e. The van der Waals surface area contributed by atoms with Gasteiger partial charge in [-0.25, -0.2) is 9.18 Å². The van der Waals surface area contributed by atoms with Crippen molar-refractivity contribution < 1.29 is 37.3 Å². The summed E-state index contributed by atoms with van der Waals surface area (Å²) in [5, 5.41) is 0. The number of unbranched alkanes of at least 4 members (excludes halogenated alkanes) is 3. The number of esters is 1. The lowest BCUT2D eigenvalue weighted by Crippen LogP contribution is -2.13. The van der Waals surface area contributed by atoms with E-state index in [0.717, 1.165) is 44.9 Å². The molecule has 0 aromatic heterocycles. The molecule has 2 aromatic carbocycles. The van der Waals surface area contributed by atoms with Gasteiger partial charge in [0.1, 0.15) is 11.4 Å². The zero-order valence-corrected chi connectivity index (χ0v) is 25.8. The summed E-state index contributed by atoms with van der Waals surface area (Å²) in [6.07, 6.45) is 11.5. The number of hydrogen-bond donors (Lipinski definition) is 0. The lowest BCUT2D eigenvalue weighted by atomic mass is 9.86. The Bertz CT molecular complexity index is 1120. The van der Waals surface area contributed by atoms with Gasteiger partial charge in [0, 0.05) is 18.2 Å². The van der Waals surface area contributed by atoms with E-state index in [1.807, 2.05) is 6.92 Å². The molecule has 0 spiro atoms. The molecule has 8 heteroatoms. The molecule has 1 fully saturated rings. The molecule has 2 atom stereocenters. The van der Waals surface area contributed by atoms with Gasteiger partial charge in [0.25, 0.3) is 0 Å². The standard InChI is InChI=1S/C34H48F2O6/c1-5-7-9-11-24-12-10-13-25(15-14-24)26-16-17-27(30(31(26)35)34(37)39-4)28-18-19-29(41-20-8-6-2)32(36)33(28)42-23-40-22-21-38-3/h16-19,24-25H,5-15,20-23H2,1-4H3. The molecular weight excluding hydrogens is 542 g/mol. The minimum Gasteiger partial charge on any atom is -0.490 e. The molecule has 6 nitrogen and oxygen atoms in total. The first-order valence-corrected chi connectivity index (χ1v) is 15.5. The maximum Gasteiger partial charge on any atom is 0.341 e. The van der Waals surface area contributed by atoms with E-state index in [-0.39, 0.29) is 47.5 Å². The van der Waals surface area contributed by atoms with E-state index < -0.39 is 17.6 Å². The maximum atomic E-state index is 16.3. The van der Waals surface area contributed by atoms with Crippen molar-refractivity contribution in [3.63, 3.8) is 0 Å². The third kappa shape index (κ3) is 9.14. The highest BCUT2D eigenvalue weighted by Gasteiger charge is 2.29. The first-order chi connectivity index (χ1) is 20.5. The van der Waals surface area contributed by atoms with Crippen LogP contribution in [0.25, 0.3) is 11.1 Å². The molecule has 0 aliphatic heterocycles. The summed E-state index contributed by atoms with van der Waals surface area (Å²) < 4.78 is 58.9. The van der Waals surface area contributed by atoms with Gasteiger partial charge in [-0.1, -0.05) is 70.9 Å². The predicted octanol–water partition coefficient (Wildman–Crippen LogP) is 8.84. The molecule has 3 rings (SSSR count). The van der Waals surface area contributed by atoms with E-state index in [1.54, 1.807) is 25.3 Å². The molecule has 1 saturated carbocycles. The number of methoxy groups -OCH3 is 2. The maximum absolute atomic E-state index is 16.3. The summed E-state index contributed by atoms with van der Waals surface area (Å²) in [7, 11) is 2.77. The zero-order chi connectivity index (χ0) is 30.3. The molecule has 0 heterocycles. The van der Waals surface area contributed by atoms with Gasteiger partial charge in [0.2, 0.25) is 5.82 Å². The van der Waals surface area contributed by atoms with Gasteiger partial charge < -0.3 is 23.7 Å². The Kier molecular flexibility index (Phi) is 14.5. The lowest BCUT2D eigenvalue weighted by molar-refractivity contribution is -0.00996. The van der Waals surface area contributed by atoms with Crippen LogP contribution in [-0.4, -0.2) is 46.8 Å². The van der Waals surface area contributed by atoms with Crippen LogP contribution in [0, 0.1) is 17.6 Å². The van der Waals surface area contributed by atoms with E-state index in [2.05, 4.69) is 6.92 Å². The molecule has 0 amide bonds. The Balaban J connectivity index is 1.97. The van der Waals surface area contributed by atoms with Crippen LogP contribution in [0.15, 0.2) is 24.3 Å². The second-order valence-electron chi connectivity index (χ2n) is 11.1. The SMILES string of the molecule is CCCCCC1CCCC(c2ccc(-c3ccc(OCCCC)c(F)c3OCOCCOC)c(C(=O)OC)c2F)CC1. The third-order valence-electron chi connectivity index (χ3n) is 8.13. The minimum atomic E-state index is -0.818. The van der Waals surface area contributed by atoms with Crippen LogP contribution < -0.4 is 9.47 Å². The molecule has 2 aromatic rings. The summed E-state index contributed by atoms with van der Waals surface area (Å²) in [5.41, 5.74) is 0.704. The van der Waals surface area contributed by atoms with Crippen molar-refractivity contribution in [3.05, 3.63) is 47.0 Å². The third-order valence-corrected chi connectivity index (χ3v) is 8.13. The molecule has 0 saturated heterocycles. The molecular formula is C34H48F2O6. The average Bonchev–Trinajstić information content (AvgIpc) is 3.24. The fourth-order valence-corrected chi connectivity index (χ4v) is 5.73. The smallest absolute Gasteiger partial charge is 0.341 e. The number of hydrogen-bond acceptors (Lipinski definition) is 6. The molecule has 1 aliphatic rings. The number of rotatable bonds is 17. The van der Waals surface area contributed by atoms with Crippen molar-refractivity contribution in [2.24, 2.45) is 5.92 Å². The van der Waals surface area contributed by atoms with Gasteiger partial charge in [-0.3, -0.25) is 0 Å². The highest BCUT2D eigenvalue weighted by molar-refractivity contribution is 5.99. The zero-order valence-electron chi connectivity index (χ0n) is 25.8. The normalized spacial score (nSPS) is 17.1. The van der Waals surface area contributed by atoms with Gasteiger partial charge in [0.05, 0.1) is 26.9 Å². The lowest BCUT2D eigenvalue weighted by Gasteiger charge is -2.21. The summed E-state index contributed by atoms with van der Waals surface area (Å²) in [4.78, 5) is 13.0. The quantitative estimate of drug-likeness (QED) is 0.0794. The minimum absolute atomic E-state index is 0.00890. The fraction of sp³-hybridized carbons (Fsp3) is 0.618. The van der Waals surface area contributed by atoms with Crippen LogP contribution in [0.2, 0.25) is 0 Å². The van der Waals surface area contributed by atoms with Gasteiger partial charge in [-0.05, 0) is 55.2 Å². The van der Waals surface area contributed by atoms with E-state index >= 15 is 8.78 Å². The summed E-state index contributed by atoms with van der Waals surface area (Å²) >= 11 is 0. The van der Waals surface area contributed by atoms with E-state index in [0.29, 0.717) is 24.7 Å². The summed E-state index contributed by atoms with van der Waals surface area (Å²) in [6, 6.07) is 6.49. The van der Waals surface area contributed by atoms with Crippen LogP contribution >= 0.6 is 0 Å². The van der Waals surface area contributed by atoms with Crippen LogP contribution in [-0.2, 0) is 14.2 Å². The fourth-order valence-electron chi connectivity index (χ4n) is 5.73. The average molecular weight is 591 g/mol. The monoisotopic (exact) mass is 590 g/mol.